The second kappa shape index (κ2) is 7.85. The minimum Gasteiger partial charge on any atom is -0.508 e. The van der Waals surface area contributed by atoms with Crippen molar-refractivity contribution in [2.24, 2.45) is 4.99 Å². The molecule has 2 aromatic rings. The highest BCUT2D eigenvalue weighted by Crippen LogP contribution is 2.20. The van der Waals surface area contributed by atoms with Crippen LogP contribution in [-0.2, 0) is 6.42 Å². The molecule has 106 valence electrons. The van der Waals surface area contributed by atoms with Crippen molar-refractivity contribution in [2.75, 3.05) is 0 Å². The molecular weight excluding hydrogens is 266 g/mol. The first kappa shape index (κ1) is 14.8. The molecule has 0 aliphatic rings. The number of aliphatic imine (C=N–C) groups is 1. The number of phenolic OH excluding ortho intramolecular Hbond substituents is 1. The zero-order valence-corrected chi connectivity index (χ0v) is 12.7. The maximum absolute atomic E-state index is 9.22. The van der Waals surface area contributed by atoms with Crippen LogP contribution in [0.4, 0.5) is 5.69 Å². The molecule has 3 heteroatoms. The van der Waals surface area contributed by atoms with Gasteiger partial charge in [0.1, 0.15) is 5.75 Å². The van der Waals surface area contributed by atoms with Crippen LogP contribution in [0.5, 0.6) is 5.75 Å². The smallest absolute Gasteiger partial charge is 0.115 e. The maximum Gasteiger partial charge on any atom is 0.115 e. The summed E-state index contributed by atoms with van der Waals surface area (Å²) >= 11 is 1.81. The van der Waals surface area contributed by atoms with Gasteiger partial charge in [-0.2, -0.15) is 0 Å². The van der Waals surface area contributed by atoms with Gasteiger partial charge in [-0.1, -0.05) is 26.2 Å². The summed E-state index contributed by atoms with van der Waals surface area (Å²) in [5.41, 5.74) is 0.862. The number of phenols is 1. The zero-order valence-electron chi connectivity index (χ0n) is 11.9. The molecule has 0 aliphatic carbocycles. The van der Waals surface area contributed by atoms with Crippen molar-refractivity contribution >= 4 is 23.2 Å². The highest BCUT2D eigenvalue weighted by Gasteiger charge is 1.98. The first-order valence-electron chi connectivity index (χ1n) is 7.20. The van der Waals surface area contributed by atoms with Crippen LogP contribution in [0.25, 0.3) is 0 Å². The minimum absolute atomic E-state index is 0.273. The Morgan fingerprint density at radius 2 is 1.85 bits per heavy atom. The lowest BCUT2D eigenvalue weighted by atomic mass is 10.1. The van der Waals surface area contributed by atoms with Gasteiger partial charge in [0.25, 0.3) is 0 Å². The third-order valence-electron chi connectivity index (χ3n) is 3.15. The van der Waals surface area contributed by atoms with Gasteiger partial charge >= 0.3 is 0 Å². The lowest BCUT2D eigenvalue weighted by Gasteiger charge is -1.96. The summed E-state index contributed by atoms with van der Waals surface area (Å²) in [7, 11) is 0. The Bertz CT molecular complexity index is 542. The molecule has 1 aromatic carbocycles. The van der Waals surface area contributed by atoms with Crippen molar-refractivity contribution in [3.63, 3.8) is 0 Å². The lowest BCUT2D eigenvalue weighted by molar-refractivity contribution is 0.475. The average molecular weight is 287 g/mol. The van der Waals surface area contributed by atoms with E-state index in [1.165, 1.54) is 41.9 Å². The molecule has 1 aromatic heterocycles. The van der Waals surface area contributed by atoms with Gasteiger partial charge in [0.15, 0.2) is 0 Å². The predicted molar refractivity (Wildman–Crippen MR) is 87.5 cm³/mol. The van der Waals surface area contributed by atoms with Crippen LogP contribution in [0.15, 0.2) is 41.4 Å². The van der Waals surface area contributed by atoms with Crippen molar-refractivity contribution in [3.05, 3.63) is 46.2 Å². The van der Waals surface area contributed by atoms with Crippen LogP contribution >= 0.6 is 11.3 Å². The number of nitrogens with zero attached hydrogens (tertiary/aromatic N) is 1. The number of hydrogen-bond acceptors (Lipinski definition) is 3. The number of unbranched alkanes of at least 4 members (excludes halogenated alkanes) is 3. The monoisotopic (exact) mass is 287 g/mol. The van der Waals surface area contributed by atoms with E-state index < -0.39 is 0 Å². The predicted octanol–water partition coefficient (Wildman–Crippen LogP) is 5.33. The molecule has 2 rings (SSSR count). The van der Waals surface area contributed by atoms with Gasteiger partial charge in [0.2, 0.25) is 0 Å². The first-order valence-corrected chi connectivity index (χ1v) is 8.01. The van der Waals surface area contributed by atoms with Gasteiger partial charge in [0.05, 0.1) is 5.69 Å². The molecule has 0 unspecified atom stereocenters. The highest BCUT2D eigenvalue weighted by molar-refractivity contribution is 7.13. The number of hydrogen-bond donors (Lipinski definition) is 1. The normalized spacial score (nSPS) is 11.2. The zero-order chi connectivity index (χ0) is 14.2. The molecule has 0 atom stereocenters. The molecule has 0 fully saturated rings. The third-order valence-corrected chi connectivity index (χ3v) is 4.23. The van der Waals surface area contributed by atoms with Crippen LogP contribution in [0.2, 0.25) is 0 Å². The summed E-state index contributed by atoms with van der Waals surface area (Å²) < 4.78 is 0. The quantitative estimate of drug-likeness (QED) is 0.542. The van der Waals surface area contributed by atoms with Crippen LogP contribution in [0, 0.1) is 0 Å². The number of aromatic hydroxyl groups is 1. The molecule has 2 nitrogen and oxygen atoms in total. The minimum atomic E-state index is 0.273. The van der Waals surface area contributed by atoms with E-state index in [1.807, 2.05) is 29.7 Å². The van der Waals surface area contributed by atoms with E-state index in [0.29, 0.717) is 0 Å². The summed E-state index contributed by atoms with van der Waals surface area (Å²) in [6.07, 6.45) is 8.30. The fourth-order valence-corrected chi connectivity index (χ4v) is 2.93. The van der Waals surface area contributed by atoms with Crippen LogP contribution in [0.1, 0.15) is 42.4 Å². The van der Waals surface area contributed by atoms with Crippen molar-refractivity contribution in [3.8, 4) is 5.75 Å². The van der Waals surface area contributed by atoms with Gasteiger partial charge in [-0.05, 0) is 49.2 Å². The van der Waals surface area contributed by atoms with E-state index in [4.69, 9.17) is 0 Å². The van der Waals surface area contributed by atoms with E-state index in [2.05, 4.69) is 24.0 Å². The Balaban J connectivity index is 1.87. The van der Waals surface area contributed by atoms with Crippen LogP contribution in [-0.4, -0.2) is 11.3 Å². The van der Waals surface area contributed by atoms with E-state index >= 15 is 0 Å². The van der Waals surface area contributed by atoms with Crippen molar-refractivity contribution < 1.29 is 5.11 Å². The Morgan fingerprint density at radius 1 is 1.05 bits per heavy atom. The standard InChI is InChI=1S/C17H21NOS/c1-2-3-4-5-6-16-11-12-17(20-16)13-18-14-7-9-15(19)10-8-14/h7-13,19H,2-6H2,1H3. The van der Waals surface area contributed by atoms with Gasteiger partial charge in [-0.25, -0.2) is 0 Å². The van der Waals surface area contributed by atoms with Crippen LogP contribution < -0.4 is 0 Å². The second-order valence-electron chi connectivity index (χ2n) is 4.89. The molecule has 0 saturated carbocycles. The number of rotatable bonds is 7. The number of thiophene rings is 1. The summed E-state index contributed by atoms with van der Waals surface area (Å²) in [6, 6.07) is 11.3. The molecule has 1 N–H and O–H groups in total. The average Bonchev–Trinajstić information content (AvgIpc) is 2.91. The fourth-order valence-electron chi connectivity index (χ4n) is 2.00. The van der Waals surface area contributed by atoms with Gasteiger partial charge < -0.3 is 5.11 Å². The summed E-state index contributed by atoms with van der Waals surface area (Å²) in [4.78, 5) is 7.04. The van der Waals surface area contributed by atoms with Gasteiger partial charge in [-0.3, -0.25) is 4.99 Å². The van der Waals surface area contributed by atoms with E-state index in [-0.39, 0.29) is 5.75 Å². The highest BCUT2D eigenvalue weighted by atomic mass is 32.1. The molecule has 20 heavy (non-hydrogen) atoms. The molecular formula is C17H21NOS. The van der Waals surface area contributed by atoms with Gasteiger partial charge in [-0.15, -0.1) is 11.3 Å². The van der Waals surface area contributed by atoms with E-state index in [0.717, 1.165) is 5.69 Å². The maximum atomic E-state index is 9.22. The van der Waals surface area contributed by atoms with Crippen molar-refractivity contribution in [1.82, 2.24) is 0 Å². The topological polar surface area (TPSA) is 32.6 Å². The summed E-state index contributed by atoms with van der Waals surface area (Å²) in [5.74, 6) is 0.273. The Labute approximate surface area is 124 Å². The van der Waals surface area contributed by atoms with Gasteiger partial charge in [0, 0.05) is 16.0 Å². The van der Waals surface area contributed by atoms with Crippen molar-refractivity contribution in [2.45, 2.75) is 39.0 Å². The summed E-state index contributed by atoms with van der Waals surface area (Å²) in [6.45, 7) is 2.24. The molecule has 0 bridgehead atoms. The van der Waals surface area contributed by atoms with E-state index in [1.54, 1.807) is 12.1 Å². The Hall–Kier alpha value is -1.61. The van der Waals surface area contributed by atoms with Crippen LogP contribution in [0.3, 0.4) is 0 Å². The van der Waals surface area contributed by atoms with E-state index in [9.17, 15) is 5.11 Å². The first-order chi connectivity index (χ1) is 9.78. The Morgan fingerprint density at radius 3 is 2.60 bits per heavy atom. The largest absolute Gasteiger partial charge is 0.508 e. The number of aryl methyl sites for hydroxylation is 1. The molecule has 0 saturated heterocycles. The molecule has 0 amide bonds. The number of benzene rings is 1. The Kier molecular flexibility index (Phi) is 5.81. The summed E-state index contributed by atoms with van der Waals surface area (Å²) in [5, 5.41) is 9.22. The lowest BCUT2D eigenvalue weighted by Crippen LogP contribution is -1.80. The SMILES string of the molecule is CCCCCCc1ccc(C=Nc2ccc(O)cc2)s1. The second-order valence-corrected chi connectivity index (χ2v) is 6.09. The third kappa shape index (κ3) is 4.82. The molecule has 0 spiro atoms. The van der Waals surface area contributed by atoms with Crippen molar-refractivity contribution in [1.29, 1.82) is 0 Å². The molecule has 1 heterocycles. The molecule has 0 radical (unpaired) electrons. The molecule has 0 aliphatic heterocycles. The fraction of sp³-hybridized carbons (Fsp3) is 0.353.